The van der Waals surface area contributed by atoms with E-state index in [-0.39, 0.29) is 22.8 Å². The van der Waals surface area contributed by atoms with E-state index in [1.54, 1.807) is 0 Å². The molecule has 66 valence electrons. The molecule has 1 saturated heterocycles. The van der Waals surface area contributed by atoms with Gasteiger partial charge in [-0.05, 0) is 11.6 Å². The van der Waals surface area contributed by atoms with Crippen molar-refractivity contribution in [1.29, 1.82) is 0 Å². The maximum absolute atomic E-state index is 5.48. The molecule has 0 aromatic heterocycles. The molecule has 2 unspecified atom stereocenters. The van der Waals surface area contributed by atoms with Gasteiger partial charge in [-0.25, -0.2) is 0 Å². The Morgan fingerprint density at radius 2 is 2.08 bits per heavy atom. The van der Waals surface area contributed by atoms with Crippen molar-refractivity contribution in [3.63, 3.8) is 0 Å². The summed E-state index contributed by atoms with van der Waals surface area (Å²) >= 11 is 0. The molecular weight excluding hydrogens is 199 g/mol. The van der Waals surface area contributed by atoms with Gasteiger partial charge >= 0.3 is 0 Å². The molecule has 12 heavy (non-hydrogen) atoms. The first-order chi connectivity index (χ1) is 5.43. The summed E-state index contributed by atoms with van der Waals surface area (Å²) in [6.07, 6.45) is 1.41. The van der Waals surface area contributed by atoms with Crippen LogP contribution >= 0.6 is 0 Å². The largest absolute Gasteiger partial charge is 0.462 e. The molecule has 0 radical (unpaired) electrons. The Hall–Kier alpha value is -0.526. The van der Waals surface area contributed by atoms with Gasteiger partial charge in [0.25, 0.3) is 0 Å². The SMILES string of the molecule is [Ni].c1ccc2c(c1)CC1OC1O2. The van der Waals surface area contributed by atoms with Crippen LogP contribution in [0.1, 0.15) is 5.56 Å². The van der Waals surface area contributed by atoms with Crippen molar-refractivity contribution < 1.29 is 26.0 Å². The Morgan fingerprint density at radius 1 is 1.25 bits per heavy atom. The predicted molar refractivity (Wildman–Crippen MR) is 39.4 cm³/mol. The normalized spacial score (nSPS) is 29.0. The van der Waals surface area contributed by atoms with Gasteiger partial charge in [-0.3, -0.25) is 0 Å². The second kappa shape index (κ2) is 2.75. The molecule has 2 aliphatic rings. The first-order valence-electron chi connectivity index (χ1n) is 3.83. The van der Waals surface area contributed by atoms with E-state index in [2.05, 4.69) is 6.07 Å². The van der Waals surface area contributed by atoms with E-state index in [0.29, 0.717) is 6.10 Å². The quantitative estimate of drug-likeness (QED) is 0.472. The molecule has 1 aromatic carbocycles. The van der Waals surface area contributed by atoms with E-state index in [0.717, 1.165) is 12.2 Å². The fraction of sp³-hybridized carbons (Fsp3) is 0.333. The summed E-state index contributed by atoms with van der Waals surface area (Å²) in [6.45, 7) is 0. The molecule has 1 fully saturated rings. The predicted octanol–water partition coefficient (Wildman–Crippen LogP) is 1.34. The van der Waals surface area contributed by atoms with Crippen LogP contribution in [0.25, 0.3) is 0 Å². The number of fused-ring (bicyclic) bond motifs is 2. The fourth-order valence-electron chi connectivity index (χ4n) is 1.50. The molecule has 1 aromatic rings. The van der Waals surface area contributed by atoms with Gasteiger partial charge < -0.3 is 9.47 Å². The molecule has 2 nitrogen and oxygen atoms in total. The van der Waals surface area contributed by atoms with Gasteiger partial charge in [0.15, 0.2) is 0 Å². The molecule has 3 heteroatoms. The average molecular weight is 207 g/mol. The minimum atomic E-state index is 0. The van der Waals surface area contributed by atoms with E-state index < -0.39 is 0 Å². The van der Waals surface area contributed by atoms with Crippen LogP contribution in [-0.4, -0.2) is 12.4 Å². The summed E-state index contributed by atoms with van der Waals surface area (Å²) in [4.78, 5) is 0. The van der Waals surface area contributed by atoms with Crippen molar-refractivity contribution in [3.05, 3.63) is 29.8 Å². The van der Waals surface area contributed by atoms with Gasteiger partial charge in [-0.1, -0.05) is 18.2 Å². The van der Waals surface area contributed by atoms with Gasteiger partial charge in [0.1, 0.15) is 11.9 Å². The average Bonchev–Trinajstić information content (AvgIpc) is 2.77. The summed E-state index contributed by atoms with van der Waals surface area (Å²) in [5.41, 5.74) is 1.27. The third-order valence-corrected chi connectivity index (χ3v) is 2.17. The smallest absolute Gasteiger partial charge is 0.227 e. The molecule has 0 N–H and O–H groups in total. The van der Waals surface area contributed by atoms with E-state index in [9.17, 15) is 0 Å². The molecule has 0 saturated carbocycles. The maximum atomic E-state index is 5.48. The summed E-state index contributed by atoms with van der Waals surface area (Å²) in [7, 11) is 0. The Kier molecular flexibility index (Phi) is 1.86. The van der Waals surface area contributed by atoms with Crippen LogP contribution in [0, 0.1) is 0 Å². The van der Waals surface area contributed by atoms with E-state index in [4.69, 9.17) is 9.47 Å². The van der Waals surface area contributed by atoms with Crippen molar-refractivity contribution in [2.24, 2.45) is 0 Å². The molecular formula is C9H8NiO2. The zero-order chi connectivity index (χ0) is 7.26. The number of ether oxygens (including phenoxy) is 2. The Bertz CT molecular complexity index is 271. The maximum Gasteiger partial charge on any atom is 0.227 e. The first kappa shape index (κ1) is 8.09. The van der Waals surface area contributed by atoms with Crippen molar-refractivity contribution in [2.75, 3.05) is 0 Å². The summed E-state index contributed by atoms with van der Waals surface area (Å²) in [6, 6.07) is 8.10. The number of benzene rings is 1. The van der Waals surface area contributed by atoms with Crippen LogP contribution in [0.3, 0.4) is 0 Å². The van der Waals surface area contributed by atoms with Gasteiger partial charge in [0, 0.05) is 22.9 Å². The second-order valence-electron chi connectivity index (χ2n) is 2.97. The van der Waals surface area contributed by atoms with Crippen LogP contribution in [0.4, 0.5) is 0 Å². The van der Waals surface area contributed by atoms with Crippen molar-refractivity contribution >= 4 is 0 Å². The Balaban J connectivity index is 0.000000563. The van der Waals surface area contributed by atoms with Crippen LogP contribution in [-0.2, 0) is 27.6 Å². The third kappa shape index (κ3) is 1.14. The van der Waals surface area contributed by atoms with E-state index >= 15 is 0 Å². The fourth-order valence-corrected chi connectivity index (χ4v) is 1.50. The van der Waals surface area contributed by atoms with Crippen LogP contribution in [0.5, 0.6) is 5.75 Å². The van der Waals surface area contributed by atoms with Crippen molar-refractivity contribution in [3.8, 4) is 5.75 Å². The molecule has 2 heterocycles. The summed E-state index contributed by atoms with van der Waals surface area (Å²) in [5.74, 6) is 0.992. The topological polar surface area (TPSA) is 21.8 Å². The van der Waals surface area contributed by atoms with Crippen molar-refractivity contribution in [1.82, 2.24) is 0 Å². The number of hydrogen-bond donors (Lipinski definition) is 0. The summed E-state index contributed by atoms with van der Waals surface area (Å²) < 4.78 is 10.7. The molecule has 0 aliphatic carbocycles. The van der Waals surface area contributed by atoms with Gasteiger partial charge in [0.2, 0.25) is 6.29 Å². The molecule has 2 aliphatic heterocycles. The molecule has 0 amide bonds. The monoisotopic (exact) mass is 206 g/mol. The van der Waals surface area contributed by atoms with Crippen molar-refractivity contribution in [2.45, 2.75) is 18.8 Å². The van der Waals surface area contributed by atoms with E-state index in [1.807, 2.05) is 18.2 Å². The number of para-hydroxylation sites is 1. The van der Waals surface area contributed by atoms with Crippen LogP contribution in [0.15, 0.2) is 24.3 Å². The minimum absolute atomic E-state index is 0. The van der Waals surface area contributed by atoms with Crippen LogP contribution < -0.4 is 4.74 Å². The standard InChI is InChI=1S/C9H8O2.Ni/c1-2-4-7-6(3-1)5-8-9(10-7)11-8;/h1-4,8-9H,5H2;. The zero-order valence-corrected chi connectivity index (χ0v) is 7.29. The third-order valence-electron chi connectivity index (χ3n) is 2.17. The second-order valence-corrected chi connectivity index (χ2v) is 2.97. The molecule has 2 atom stereocenters. The number of epoxide rings is 1. The Labute approximate surface area is 80.8 Å². The van der Waals surface area contributed by atoms with Gasteiger partial charge in [0.05, 0.1) is 0 Å². The minimum Gasteiger partial charge on any atom is -0.462 e. The van der Waals surface area contributed by atoms with Crippen LogP contribution in [0.2, 0.25) is 0 Å². The number of rotatable bonds is 0. The molecule has 3 rings (SSSR count). The molecule has 0 spiro atoms. The zero-order valence-electron chi connectivity index (χ0n) is 6.30. The van der Waals surface area contributed by atoms with Gasteiger partial charge in [-0.2, -0.15) is 0 Å². The summed E-state index contributed by atoms with van der Waals surface area (Å²) in [5, 5.41) is 0. The van der Waals surface area contributed by atoms with Gasteiger partial charge in [-0.15, -0.1) is 0 Å². The Morgan fingerprint density at radius 3 is 3.00 bits per heavy atom. The number of hydrogen-bond acceptors (Lipinski definition) is 2. The molecule has 0 bridgehead atoms. The first-order valence-corrected chi connectivity index (χ1v) is 3.83. The van der Waals surface area contributed by atoms with E-state index in [1.165, 1.54) is 5.56 Å².